The number of hydrogen-bond acceptors (Lipinski definition) is 2. The van der Waals surface area contributed by atoms with Crippen molar-refractivity contribution in [2.75, 3.05) is 13.1 Å². The molecule has 0 saturated heterocycles. The van der Waals surface area contributed by atoms with Gasteiger partial charge in [-0.15, -0.1) is 0 Å². The molecule has 0 aromatic heterocycles. The van der Waals surface area contributed by atoms with Crippen LogP contribution in [-0.4, -0.2) is 33.7 Å². The van der Waals surface area contributed by atoms with Gasteiger partial charge in [-0.2, -0.15) is 0 Å². The summed E-state index contributed by atoms with van der Waals surface area (Å²) in [6.07, 6.45) is 0. The Balaban J connectivity index is 4.22. The molecule has 66 valence electrons. The molecule has 0 unspecified atom stereocenters. The van der Waals surface area contributed by atoms with Crippen molar-refractivity contribution in [1.29, 1.82) is 0 Å². The van der Waals surface area contributed by atoms with Crippen LogP contribution < -0.4 is 0 Å². The molecule has 0 aliphatic carbocycles. The summed E-state index contributed by atoms with van der Waals surface area (Å²) in [4.78, 5) is 2.61. The first-order chi connectivity index (χ1) is 4.93. The van der Waals surface area contributed by atoms with E-state index in [9.17, 15) is 5.11 Å². The minimum absolute atomic E-state index is 0.627. The van der Waals surface area contributed by atoms with Crippen LogP contribution in [0.15, 0.2) is 0 Å². The second kappa shape index (κ2) is 4.02. The fourth-order valence-corrected chi connectivity index (χ4v) is 1.16. The molecular weight excluding hydrogens is 158 g/mol. The molecule has 0 aromatic carbocycles. The molecule has 0 spiro atoms. The molecule has 0 heterocycles. The molecule has 0 saturated carbocycles. The standard InChI is InChI=1S/C8H17NOS/c1-5-9(6-2)7(11)8(3,4)10/h10H,5-6H2,1-4H3. The Bertz CT molecular complexity index is 136. The lowest BCUT2D eigenvalue weighted by molar-refractivity contribution is 0.141. The predicted molar refractivity (Wildman–Crippen MR) is 51.8 cm³/mol. The average Bonchev–Trinajstić information content (AvgIpc) is 1.88. The number of nitrogens with zero attached hydrogens (tertiary/aromatic N) is 1. The molecule has 0 fully saturated rings. The average molecular weight is 175 g/mol. The molecule has 0 aliphatic heterocycles. The van der Waals surface area contributed by atoms with Gasteiger partial charge in [-0.1, -0.05) is 12.2 Å². The highest BCUT2D eigenvalue weighted by Gasteiger charge is 2.22. The van der Waals surface area contributed by atoms with Gasteiger partial charge in [0.1, 0.15) is 10.6 Å². The fraction of sp³-hybridized carbons (Fsp3) is 0.875. The Hall–Kier alpha value is -0.150. The molecule has 0 radical (unpaired) electrons. The zero-order chi connectivity index (χ0) is 9.07. The highest BCUT2D eigenvalue weighted by atomic mass is 32.1. The molecule has 11 heavy (non-hydrogen) atoms. The third-order valence-corrected chi connectivity index (χ3v) is 2.33. The molecule has 3 heteroatoms. The third kappa shape index (κ3) is 3.16. The van der Waals surface area contributed by atoms with Gasteiger partial charge in [0.25, 0.3) is 0 Å². The van der Waals surface area contributed by atoms with Crippen LogP contribution in [0.3, 0.4) is 0 Å². The van der Waals surface area contributed by atoms with Gasteiger partial charge in [0.15, 0.2) is 0 Å². The van der Waals surface area contributed by atoms with Gasteiger partial charge in [-0.05, 0) is 27.7 Å². The number of thiocarbonyl (C=S) groups is 1. The smallest absolute Gasteiger partial charge is 0.109 e. The van der Waals surface area contributed by atoms with Crippen molar-refractivity contribution in [2.24, 2.45) is 0 Å². The maximum absolute atomic E-state index is 9.54. The van der Waals surface area contributed by atoms with Crippen molar-refractivity contribution in [3.63, 3.8) is 0 Å². The number of likely N-dealkylation sites (N-methyl/N-ethyl adjacent to an activating group) is 1. The van der Waals surface area contributed by atoms with E-state index in [2.05, 4.69) is 0 Å². The third-order valence-electron chi connectivity index (χ3n) is 1.57. The highest BCUT2D eigenvalue weighted by molar-refractivity contribution is 7.80. The summed E-state index contributed by atoms with van der Waals surface area (Å²) >= 11 is 5.09. The van der Waals surface area contributed by atoms with Crippen molar-refractivity contribution in [2.45, 2.75) is 33.3 Å². The van der Waals surface area contributed by atoms with Gasteiger partial charge in [0.2, 0.25) is 0 Å². The summed E-state index contributed by atoms with van der Waals surface area (Å²) in [7, 11) is 0. The van der Waals surface area contributed by atoms with Crippen LogP contribution in [0, 0.1) is 0 Å². The van der Waals surface area contributed by atoms with Gasteiger partial charge in [0.05, 0.1) is 0 Å². The van der Waals surface area contributed by atoms with E-state index in [1.807, 2.05) is 18.7 Å². The zero-order valence-corrected chi connectivity index (χ0v) is 8.53. The summed E-state index contributed by atoms with van der Waals surface area (Å²) in [6.45, 7) is 9.21. The Kier molecular flexibility index (Phi) is 3.97. The van der Waals surface area contributed by atoms with Crippen molar-refractivity contribution in [3.05, 3.63) is 0 Å². The van der Waals surface area contributed by atoms with Gasteiger partial charge in [0, 0.05) is 13.1 Å². The Morgan fingerprint density at radius 1 is 1.36 bits per heavy atom. The van der Waals surface area contributed by atoms with E-state index in [0.717, 1.165) is 13.1 Å². The fourth-order valence-electron chi connectivity index (χ4n) is 0.898. The lowest BCUT2D eigenvalue weighted by atomic mass is 10.1. The van der Waals surface area contributed by atoms with Crippen LogP contribution in [0.5, 0.6) is 0 Å². The molecule has 2 nitrogen and oxygen atoms in total. The monoisotopic (exact) mass is 175 g/mol. The largest absolute Gasteiger partial charge is 0.383 e. The Morgan fingerprint density at radius 3 is 1.82 bits per heavy atom. The van der Waals surface area contributed by atoms with E-state index in [1.54, 1.807) is 13.8 Å². The lowest BCUT2D eigenvalue weighted by Crippen LogP contribution is -2.43. The number of aliphatic hydroxyl groups is 1. The summed E-state index contributed by atoms with van der Waals surface area (Å²) in [5.41, 5.74) is -0.860. The van der Waals surface area contributed by atoms with Crippen molar-refractivity contribution in [3.8, 4) is 0 Å². The molecule has 1 N–H and O–H groups in total. The number of rotatable bonds is 3. The molecule has 0 aromatic rings. The SMILES string of the molecule is CCN(CC)C(=S)C(C)(C)O. The first kappa shape index (κ1) is 10.8. The maximum atomic E-state index is 9.54. The minimum atomic E-state index is -0.860. The molecule has 0 rings (SSSR count). The molecular formula is C8H17NOS. The van der Waals surface area contributed by atoms with Gasteiger partial charge < -0.3 is 10.0 Å². The van der Waals surface area contributed by atoms with E-state index in [0.29, 0.717) is 4.99 Å². The summed E-state index contributed by atoms with van der Waals surface area (Å²) in [5, 5.41) is 9.54. The number of hydrogen-bond donors (Lipinski definition) is 1. The first-order valence-corrected chi connectivity index (χ1v) is 4.36. The molecule has 0 amide bonds. The van der Waals surface area contributed by atoms with Crippen molar-refractivity contribution < 1.29 is 5.11 Å². The zero-order valence-electron chi connectivity index (χ0n) is 7.72. The van der Waals surface area contributed by atoms with Crippen LogP contribution in [0.4, 0.5) is 0 Å². The quantitative estimate of drug-likeness (QED) is 0.656. The lowest BCUT2D eigenvalue weighted by Gasteiger charge is -2.29. The van der Waals surface area contributed by atoms with Crippen molar-refractivity contribution in [1.82, 2.24) is 4.90 Å². The van der Waals surface area contributed by atoms with Crippen LogP contribution >= 0.6 is 12.2 Å². The highest BCUT2D eigenvalue weighted by Crippen LogP contribution is 2.08. The van der Waals surface area contributed by atoms with Crippen LogP contribution in [0.1, 0.15) is 27.7 Å². The van der Waals surface area contributed by atoms with Crippen LogP contribution in [0.25, 0.3) is 0 Å². The van der Waals surface area contributed by atoms with Crippen molar-refractivity contribution >= 4 is 17.2 Å². The Morgan fingerprint density at radius 2 is 1.73 bits per heavy atom. The van der Waals surface area contributed by atoms with Gasteiger partial charge in [-0.3, -0.25) is 0 Å². The van der Waals surface area contributed by atoms with Crippen LogP contribution in [-0.2, 0) is 0 Å². The molecule has 0 bridgehead atoms. The molecule has 0 aliphatic rings. The van der Waals surface area contributed by atoms with Crippen LogP contribution in [0.2, 0.25) is 0 Å². The second-order valence-electron chi connectivity index (χ2n) is 3.04. The topological polar surface area (TPSA) is 23.5 Å². The Labute approximate surface area is 74.2 Å². The van der Waals surface area contributed by atoms with Gasteiger partial charge >= 0.3 is 0 Å². The second-order valence-corrected chi connectivity index (χ2v) is 3.42. The predicted octanol–water partition coefficient (Wildman–Crippen LogP) is 1.43. The molecule has 0 atom stereocenters. The van der Waals surface area contributed by atoms with E-state index >= 15 is 0 Å². The summed E-state index contributed by atoms with van der Waals surface area (Å²) < 4.78 is 0. The summed E-state index contributed by atoms with van der Waals surface area (Å²) in [5.74, 6) is 0. The van der Waals surface area contributed by atoms with Gasteiger partial charge in [-0.25, -0.2) is 0 Å². The van der Waals surface area contributed by atoms with E-state index in [4.69, 9.17) is 12.2 Å². The summed E-state index contributed by atoms with van der Waals surface area (Å²) in [6, 6.07) is 0. The maximum Gasteiger partial charge on any atom is 0.109 e. The van der Waals surface area contributed by atoms with E-state index in [1.165, 1.54) is 0 Å². The normalized spacial score (nSPS) is 11.4. The minimum Gasteiger partial charge on any atom is -0.383 e. The first-order valence-electron chi connectivity index (χ1n) is 3.95. The van der Waals surface area contributed by atoms with E-state index < -0.39 is 5.60 Å². The van der Waals surface area contributed by atoms with E-state index in [-0.39, 0.29) is 0 Å².